The Morgan fingerprint density at radius 3 is 3.05 bits per heavy atom. The number of terminal acetylenes is 1. The maximum absolute atomic E-state index is 5.93. The molecular formula is C17H21NO. The molecule has 1 aliphatic heterocycles. The van der Waals surface area contributed by atoms with E-state index in [4.69, 9.17) is 11.2 Å². The summed E-state index contributed by atoms with van der Waals surface area (Å²) in [5, 5.41) is 3.67. The minimum Gasteiger partial charge on any atom is -0.381 e. The third-order valence-electron chi connectivity index (χ3n) is 4.68. The van der Waals surface area contributed by atoms with E-state index in [1.54, 1.807) is 0 Å². The normalized spacial score (nSPS) is 31.7. The zero-order chi connectivity index (χ0) is 13.5. The molecule has 0 aromatic heterocycles. The van der Waals surface area contributed by atoms with E-state index in [0.717, 1.165) is 17.9 Å². The minimum absolute atomic E-state index is 0.192. The molecule has 2 nitrogen and oxygen atoms in total. The molecule has 1 heterocycles. The van der Waals surface area contributed by atoms with Crippen LogP contribution < -0.4 is 5.32 Å². The lowest BCUT2D eigenvalue weighted by Crippen LogP contribution is -2.67. The molecular weight excluding hydrogens is 234 g/mol. The highest BCUT2D eigenvalue weighted by molar-refractivity contribution is 5.51. The Morgan fingerprint density at radius 2 is 2.26 bits per heavy atom. The van der Waals surface area contributed by atoms with E-state index < -0.39 is 0 Å². The van der Waals surface area contributed by atoms with Gasteiger partial charge in [-0.1, -0.05) is 25.8 Å². The van der Waals surface area contributed by atoms with Gasteiger partial charge in [-0.25, -0.2) is 0 Å². The maximum atomic E-state index is 5.93. The van der Waals surface area contributed by atoms with Crippen molar-refractivity contribution in [2.24, 2.45) is 11.3 Å². The van der Waals surface area contributed by atoms with Crippen LogP contribution in [0.3, 0.4) is 0 Å². The van der Waals surface area contributed by atoms with Crippen molar-refractivity contribution in [2.45, 2.75) is 38.8 Å². The average molecular weight is 255 g/mol. The van der Waals surface area contributed by atoms with E-state index in [2.05, 4.69) is 31.2 Å². The second-order valence-corrected chi connectivity index (χ2v) is 6.27. The molecule has 1 saturated carbocycles. The first-order valence-corrected chi connectivity index (χ1v) is 7.08. The minimum atomic E-state index is 0.192. The molecule has 0 spiro atoms. The lowest BCUT2D eigenvalue weighted by molar-refractivity contribution is -0.177. The molecule has 3 rings (SSSR count). The van der Waals surface area contributed by atoms with Crippen LogP contribution in [0.5, 0.6) is 0 Å². The first-order valence-electron chi connectivity index (χ1n) is 7.08. The fourth-order valence-electron chi connectivity index (χ4n) is 3.69. The summed E-state index contributed by atoms with van der Waals surface area (Å²) >= 11 is 0. The number of ether oxygens (including phenoxy) is 1. The first kappa shape index (κ1) is 12.6. The predicted molar refractivity (Wildman–Crippen MR) is 78.0 cm³/mol. The summed E-state index contributed by atoms with van der Waals surface area (Å²) < 4.78 is 5.93. The molecule has 2 aliphatic rings. The molecule has 2 heteroatoms. The molecule has 19 heavy (non-hydrogen) atoms. The first-order chi connectivity index (χ1) is 9.13. The van der Waals surface area contributed by atoms with Crippen LogP contribution in [0.15, 0.2) is 24.3 Å². The summed E-state index contributed by atoms with van der Waals surface area (Å²) in [6.45, 7) is 5.51. The van der Waals surface area contributed by atoms with Gasteiger partial charge >= 0.3 is 0 Å². The van der Waals surface area contributed by atoms with Crippen LogP contribution in [0.1, 0.15) is 32.3 Å². The third-order valence-corrected chi connectivity index (χ3v) is 4.68. The van der Waals surface area contributed by atoms with Gasteiger partial charge in [0.1, 0.15) is 0 Å². The summed E-state index contributed by atoms with van der Waals surface area (Å²) in [5.74, 6) is 3.33. The summed E-state index contributed by atoms with van der Waals surface area (Å²) in [4.78, 5) is 0. The molecule has 1 aromatic carbocycles. The van der Waals surface area contributed by atoms with E-state index in [9.17, 15) is 0 Å². The number of anilines is 1. The molecule has 1 aliphatic carbocycles. The number of rotatable bonds is 2. The van der Waals surface area contributed by atoms with Crippen molar-refractivity contribution >= 4 is 5.69 Å². The standard InChI is InChI=1S/C17H21NO/c1-4-12-7-5-8-13(11-12)18-15-14-9-6-10-19-16(14)17(15,2)3/h1,5,7-8,11,14-16,18H,6,9-10H2,2-3H3. The van der Waals surface area contributed by atoms with Crippen molar-refractivity contribution in [1.82, 2.24) is 0 Å². The van der Waals surface area contributed by atoms with Gasteiger partial charge in [0, 0.05) is 35.2 Å². The van der Waals surface area contributed by atoms with E-state index >= 15 is 0 Å². The molecule has 0 radical (unpaired) electrons. The van der Waals surface area contributed by atoms with Gasteiger partial charge in [0.15, 0.2) is 0 Å². The second kappa shape index (κ2) is 4.58. The SMILES string of the molecule is C#Cc1cccc(NC2C3CCCOC3C2(C)C)c1. The van der Waals surface area contributed by atoms with Crippen molar-refractivity contribution in [1.29, 1.82) is 0 Å². The van der Waals surface area contributed by atoms with Crippen molar-refractivity contribution in [3.05, 3.63) is 29.8 Å². The number of fused-ring (bicyclic) bond motifs is 1. The number of benzene rings is 1. The van der Waals surface area contributed by atoms with Crippen molar-refractivity contribution in [2.75, 3.05) is 11.9 Å². The Labute approximate surface area is 115 Å². The van der Waals surface area contributed by atoms with Crippen LogP contribution in [0, 0.1) is 23.7 Å². The van der Waals surface area contributed by atoms with Gasteiger partial charge in [0.25, 0.3) is 0 Å². The van der Waals surface area contributed by atoms with Crippen LogP contribution in [-0.4, -0.2) is 18.8 Å². The number of nitrogens with one attached hydrogen (secondary N) is 1. The number of hydrogen-bond donors (Lipinski definition) is 1. The Morgan fingerprint density at radius 1 is 1.42 bits per heavy atom. The quantitative estimate of drug-likeness (QED) is 0.819. The highest BCUT2D eigenvalue weighted by Crippen LogP contribution is 2.52. The van der Waals surface area contributed by atoms with Crippen LogP contribution in [0.2, 0.25) is 0 Å². The largest absolute Gasteiger partial charge is 0.381 e. The Balaban J connectivity index is 1.77. The fraction of sp³-hybridized carbons (Fsp3) is 0.529. The zero-order valence-corrected chi connectivity index (χ0v) is 11.6. The van der Waals surface area contributed by atoms with Gasteiger partial charge in [-0.05, 0) is 31.0 Å². The lowest BCUT2D eigenvalue weighted by Gasteiger charge is -2.60. The lowest BCUT2D eigenvalue weighted by atomic mass is 9.55. The van der Waals surface area contributed by atoms with Gasteiger partial charge in [0.2, 0.25) is 0 Å². The summed E-state index contributed by atoms with van der Waals surface area (Å²) in [5.41, 5.74) is 2.24. The molecule has 1 saturated heterocycles. The molecule has 3 unspecified atom stereocenters. The Hall–Kier alpha value is -1.46. The van der Waals surface area contributed by atoms with E-state index in [1.807, 2.05) is 18.2 Å². The van der Waals surface area contributed by atoms with Crippen LogP contribution in [0.4, 0.5) is 5.69 Å². The molecule has 0 amide bonds. The molecule has 2 fully saturated rings. The molecule has 1 aromatic rings. The highest BCUT2D eigenvalue weighted by Gasteiger charge is 2.57. The average Bonchev–Trinajstić information content (AvgIpc) is 2.45. The van der Waals surface area contributed by atoms with Crippen molar-refractivity contribution in [3.63, 3.8) is 0 Å². The monoisotopic (exact) mass is 255 g/mol. The van der Waals surface area contributed by atoms with Gasteiger partial charge < -0.3 is 10.1 Å². The van der Waals surface area contributed by atoms with Gasteiger partial charge in [0.05, 0.1) is 6.10 Å². The van der Waals surface area contributed by atoms with Crippen LogP contribution in [-0.2, 0) is 4.74 Å². The number of hydrogen-bond acceptors (Lipinski definition) is 2. The molecule has 1 N–H and O–H groups in total. The predicted octanol–water partition coefficient (Wildman–Crippen LogP) is 3.28. The maximum Gasteiger partial charge on any atom is 0.0693 e. The molecule has 0 bridgehead atoms. The smallest absolute Gasteiger partial charge is 0.0693 e. The second-order valence-electron chi connectivity index (χ2n) is 6.27. The van der Waals surface area contributed by atoms with Gasteiger partial charge in [-0.2, -0.15) is 0 Å². The summed E-state index contributed by atoms with van der Waals surface area (Å²) in [6, 6.07) is 8.59. The Kier molecular flexibility index (Phi) is 3.03. The topological polar surface area (TPSA) is 21.3 Å². The van der Waals surface area contributed by atoms with E-state index in [1.165, 1.54) is 12.8 Å². The van der Waals surface area contributed by atoms with Crippen molar-refractivity contribution < 1.29 is 4.74 Å². The summed E-state index contributed by atoms with van der Waals surface area (Å²) in [6.07, 6.45) is 8.31. The fourth-order valence-corrected chi connectivity index (χ4v) is 3.69. The highest BCUT2D eigenvalue weighted by atomic mass is 16.5. The van der Waals surface area contributed by atoms with E-state index in [-0.39, 0.29) is 5.41 Å². The van der Waals surface area contributed by atoms with Crippen LogP contribution in [0.25, 0.3) is 0 Å². The zero-order valence-electron chi connectivity index (χ0n) is 11.6. The third kappa shape index (κ3) is 2.03. The van der Waals surface area contributed by atoms with Crippen LogP contribution >= 0.6 is 0 Å². The van der Waals surface area contributed by atoms with Crippen molar-refractivity contribution in [3.8, 4) is 12.3 Å². The van der Waals surface area contributed by atoms with E-state index in [0.29, 0.717) is 18.1 Å². The Bertz CT molecular complexity index is 514. The molecule has 3 atom stereocenters. The molecule has 100 valence electrons. The summed E-state index contributed by atoms with van der Waals surface area (Å²) in [7, 11) is 0. The van der Waals surface area contributed by atoms with Gasteiger partial charge in [-0.3, -0.25) is 0 Å². The van der Waals surface area contributed by atoms with Gasteiger partial charge in [-0.15, -0.1) is 6.42 Å².